The molecule has 1 aromatic rings. The molecule has 0 aromatic carbocycles. The highest BCUT2D eigenvalue weighted by Gasteiger charge is 2.24. The van der Waals surface area contributed by atoms with E-state index in [4.69, 9.17) is 4.98 Å². The molecule has 0 spiro atoms. The van der Waals surface area contributed by atoms with Gasteiger partial charge in [0.25, 0.3) is 0 Å². The Bertz CT molecular complexity index is 356. The van der Waals surface area contributed by atoms with Crippen LogP contribution >= 0.6 is 23.7 Å². The normalized spacial score (nSPS) is 24.8. The summed E-state index contributed by atoms with van der Waals surface area (Å²) < 4.78 is 0. The molecular formula is C13H24ClN3S. The van der Waals surface area contributed by atoms with Gasteiger partial charge in [-0.25, -0.2) is 4.98 Å². The third kappa shape index (κ3) is 3.92. The van der Waals surface area contributed by atoms with Crippen molar-refractivity contribution in [2.75, 3.05) is 13.1 Å². The summed E-state index contributed by atoms with van der Waals surface area (Å²) in [6.07, 6.45) is 2.30. The Morgan fingerprint density at radius 2 is 2.28 bits per heavy atom. The first-order chi connectivity index (χ1) is 8.20. The van der Waals surface area contributed by atoms with E-state index in [0.29, 0.717) is 12.1 Å². The first-order valence-corrected chi connectivity index (χ1v) is 7.49. The zero-order chi connectivity index (χ0) is 12.3. The van der Waals surface area contributed by atoms with Gasteiger partial charge in [-0.05, 0) is 20.3 Å². The van der Waals surface area contributed by atoms with Crippen molar-refractivity contribution < 1.29 is 0 Å². The maximum atomic E-state index is 4.71. The minimum atomic E-state index is 0. The summed E-state index contributed by atoms with van der Waals surface area (Å²) in [7, 11) is 0. The van der Waals surface area contributed by atoms with Gasteiger partial charge in [0.1, 0.15) is 5.01 Å². The van der Waals surface area contributed by atoms with Crippen LogP contribution in [0.1, 0.15) is 37.9 Å². The van der Waals surface area contributed by atoms with E-state index in [1.54, 1.807) is 0 Å². The molecule has 2 unspecified atom stereocenters. The highest BCUT2D eigenvalue weighted by molar-refractivity contribution is 7.09. The van der Waals surface area contributed by atoms with Gasteiger partial charge >= 0.3 is 0 Å². The molecule has 0 radical (unpaired) electrons. The van der Waals surface area contributed by atoms with Crippen LogP contribution in [0.25, 0.3) is 0 Å². The van der Waals surface area contributed by atoms with E-state index in [0.717, 1.165) is 26.1 Å². The van der Waals surface area contributed by atoms with E-state index in [-0.39, 0.29) is 12.4 Å². The predicted octanol–water partition coefficient (Wildman–Crippen LogP) is 2.70. The number of rotatable bonds is 4. The third-order valence-corrected chi connectivity index (χ3v) is 4.49. The predicted molar refractivity (Wildman–Crippen MR) is 80.7 cm³/mol. The number of hydrogen-bond donors (Lipinski definition) is 1. The molecule has 2 atom stereocenters. The van der Waals surface area contributed by atoms with Crippen molar-refractivity contribution in [1.82, 2.24) is 15.2 Å². The fourth-order valence-electron chi connectivity index (χ4n) is 2.32. The summed E-state index contributed by atoms with van der Waals surface area (Å²) in [5.41, 5.74) is 1.27. The lowest BCUT2D eigenvalue weighted by Crippen LogP contribution is -2.54. The van der Waals surface area contributed by atoms with Crippen LogP contribution in [0.15, 0.2) is 5.38 Å². The average molecular weight is 290 g/mol. The van der Waals surface area contributed by atoms with Gasteiger partial charge < -0.3 is 5.32 Å². The number of nitrogens with zero attached hydrogens (tertiary/aromatic N) is 2. The van der Waals surface area contributed by atoms with Crippen molar-refractivity contribution in [3.8, 4) is 0 Å². The van der Waals surface area contributed by atoms with E-state index >= 15 is 0 Å². The van der Waals surface area contributed by atoms with Gasteiger partial charge in [-0.1, -0.05) is 13.3 Å². The monoisotopic (exact) mass is 289 g/mol. The Hall–Kier alpha value is -0.160. The molecule has 0 aliphatic carbocycles. The molecular weight excluding hydrogens is 266 g/mol. The molecule has 1 aromatic heterocycles. The molecule has 0 saturated carbocycles. The molecule has 0 amide bonds. The SMILES string of the molecule is CCCc1csc(CN2CCNC(C)C2C)n1.Cl. The fraction of sp³-hybridized carbons (Fsp3) is 0.769. The highest BCUT2D eigenvalue weighted by atomic mass is 35.5. The molecule has 3 nitrogen and oxygen atoms in total. The average Bonchev–Trinajstić information content (AvgIpc) is 2.73. The smallest absolute Gasteiger partial charge is 0.107 e. The first-order valence-electron chi connectivity index (χ1n) is 6.61. The molecule has 2 rings (SSSR count). The van der Waals surface area contributed by atoms with Gasteiger partial charge in [0.2, 0.25) is 0 Å². The van der Waals surface area contributed by atoms with Gasteiger partial charge in [0, 0.05) is 30.6 Å². The van der Waals surface area contributed by atoms with Crippen LogP contribution in [-0.2, 0) is 13.0 Å². The van der Waals surface area contributed by atoms with Crippen molar-refractivity contribution in [1.29, 1.82) is 0 Å². The summed E-state index contributed by atoms with van der Waals surface area (Å²) in [6.45, 7) is 10.0. The first kappa shape index (κ1) is 15.9. The quantitative estimate of drug-likeness (QED) is 0.924. The van der Waals surface area contributed by atoms with Crippen LogP contribution in [0.4, 0.5) is 0 Å². The number of halogens is 1. The minimum Gasteiger partial charge on any atom is -0.311 e. The number of hydrogen-bond acceptors (Lipinski definition) is 4. The number of aryl methyl sites for hydroxylation is 1. The van der Waals surface area contributed by atoms with Crippen LogP contribution in [0.3, 0.4) is 0 Å². The second kappa shape index (κ2) is 7.43. The molecule has 5 heteroatoms. The molecule has 2 heterocycles. The molecule has 1 saturated heterocycles. The summed E-state index contributed by atoms with van der Waals surface area (Å²) in [5, 5.41) is 7.00. The molecule has 104 valence electrons. The second-order valence-electron chi connectivity index (χ2n) is 4.94. The fourth-order valence-corrected chi connectivity index (χ4v) is 3.17. The molecule has 1 fully saturated rings. The van der Waals surface area contributed by atoms with Crippen molar-refractivity contribution in [2.45, 2.75) is 52.2 Å². The molecule has 1 aliphatic rings. The van der Waals surface area contributed by atoms with Crippen molar-refractivity contribution >= 4 is 23.7 Å². The van der Waals surface area contributed by atoms with E-state index in [9.17, 15) is 0 Å². The van der Waals surface area contributed by atoms with Gasteiger partial charge in [-0.15, -0.1) is 23.7 Å². The van der Waals surface area contributed by atoms with Gasteiger partial charge in [0.05, 0.1) is 12.2 Å². The maximum absolute atomic E-state index is 4.71. The maximum Gasteiger partial charge on any atom is 0.107 e. The van der Waals surface area contributed by atoms with Crippen molar-refractivity contribution in [3.63, 3.8) is 0 Å². The summed E-state index contributed by atoms with van der Waals surface area (Å²) in [5.74, 6) is 0. The van der Waals surface area contributed by atoms with Gasteiger partial charge in [-0.2, -0.15) is 0 Å². The van der Waals surface area contributed by atoms with Gasteiger partial charge in [0.15, 0.2) is 0 Å². The number of thiazole rings is 1. The van der Waals surface area contributed by atoms with E-state index in [1.807, 2.05) is 11.3 Å². The van der Waals surface area contributed by atoms with Crippen molar-refractivity contribution in [2.24, 2.45) is 0 Å². The topological polar surface area (TPSA) is 28.2 Å². The Balaban J connectivity index is 0.00000162. The highest BCUT2D eigenvalue weighted by Crippen LogP contribution is 2.17. The molecule has 1 aliphatic heterocycles. The van der Waals surface area contributed by atoms with Crippen LogP contribution in [0.2, 0.25) is 0 Å². The van der Waals surface area contributed by atoms with Crippen LogP contribution < -0.4 is 5.32 Å². The number of nitrogens with one attached hydrogen (secondary N) is 1. The van der Waals surface area contributed by atoms with Crippen LogP contribution in [-0.4, -0.2) is 35.1 Å². The Kier molecular flexibility index (Phi) is 6.57. The zero-order valence-electron chi connectivity index (χ0n) is 11.5. The van der Waals surface area contributed by atoms with Gasteiger partial charge in [-0.3, -0.25) is 4.90 Å². The largest absolute Gasteiger partial charge is 0.311 e. The van der Waals surface area contributed by atoms with Crippen LogP contribution in [0.5, 0.6) is 0 Å². The molecule has 18 heavy (non-hydrogen) atoms. The summed E-state index contributed by atoms with van der Waals surface area (Å²) in [6, 6.07) is 1.18. The van der Waals surface area contributed by atoms with E-state index in [2.05, 4.69) is 36.4 Å². The molecule has 0 bridgehead atoms. The number of piperazine rings is 1. The van der Waals surface area contributed by atoms with E-state index < -0.39 is 0 Å². The van der Waals surface area contributed by atoms with Crippen LogP contribution in [0, 0.1) is 0 Å². The second-order valence-corrected chi connectivity index (χ2v) is 5.88. The zero-order valence-corrected chi connectivity index (χ0v) is 13.1. The lowest BCUT2D eigenvalue weighted by atomic mass is 10.1. The van der Waals surface area contributed by atoms with Crippen molar-refractivity contribution in [3.05, 3.63) is 16.1 Å². The number of aromatic nitrogens is 1. The lowest BCUT2D eigenvalue weighted by Gasteiger charge is -2.38. The summed E-state index contributed by atoms with van der Waals surface area (Å²) in [4.78, 5) is 7.25. The Morgan fingerprint density at radius 1 is 1.50 bits per heavy atom. The molecule has 1 N–H and O–H groups in total. The minimum absolute atomic E-state index is 0. The van der Waals surface area contributed by atoms with E-state index in [1.165, 1.54) is 17.1 Å². The third-order valence-electron chi connectivity index (χ3n) is 3.61. The Labute approximate surface area is 120 Å². The lowest BCUT2D eigenvalue weighted by molar-refractivity contribution is 0.130. The Morgan fingerprint density at radius 3 is 3.00 bits per heavy atom. The summed E-state index contributed by atoms with van der Waals surface area (Å²) >= 11 is 1.81. The standard InChI is InChI=1S/C13H23N3S.ClH/c1-4-5-12-9-17-13(15-12)8-16-7-6-14-10(2)11(16)3;/h9-11,14H,4-8H2,1-3H3;1H.